The van der Waals surface area contributed by atoms with Crippen molar-refractivity contribution in [1.82, 2.24) is 9.55 Å². The molecule has 31 heavy (non-hydrogen) atoms. The topological polar surface area (TPSA) is 99.3 Å². The van der Waals surface area contributed by atoms with Crippen LogP contribution in [0, 0.1) is 11.3 Å². The van der Waals surface area contributed by atoms with E-state index in [1.165, 1.54) is 40.9 Å². The van der Waals surface area contributed by atoms with Crippen LogP contribution >= 0.6 is 12.6 Å². The third-order valence-electron chi connectivity index (χ3n) is 5.53. The summed E-state index contributed by atoms with van der Waals surface area (Å²) in [6.07, 6.45) is -2.20. The third-order valence-corrected chi connectivity index (χ3v) is 5.99. The molecule has 0 aromatic carbocycles. The first-order chi connectivity index (χ1) is 14.5. The molecule has 1 aliphatic carbocycles. The molecule has 12 heteroatoms. The van der Waals surface area contributed by atoms with Crippen molar-refractivity contribution in [3.63, 3.8) is 0 Å². The first-order valence-electron chi connectivity index (χ1n) is 9.01. The highest BCUT2D eigenvalue weighted by molar-refractivity contribution is 7.81. The van der Waals surface area contributed by atoms with Gasteiger partial charge in [0.25, 0.3) is 5.91 Å². The van der Waals surface area contributed by atoms with Crippen LogP contribution in [0.5, 0.6) is 0 Å². The Labute approximate surface area is 178 Å². The first kappa shape index (κ1) is 20.9. The van der Waals surface area contributed by atoms with Crippen molar-refractivity contribution in [3.05, 3.63) is 52.2 Å². The van der Waals surface area contributed by atoms with E-state index in [4.69, 9.17) is 5.26 Å². The molecule has 1 amide bonds. The molecule has 2 aliphatic rings. The molecule has 160 valence electrons. The first-order valence-corrected chi connectivity index (χ1v) is 9.52. The maximum atomic E-state index is 13.4. The van der Waals surface area contributed by atoms with Crippen molar-refractivity contribution in [2.24, 2.45) is 7.05 Å². The highest BCUT2D eigenvalue weighted by Crippen LogP contribution is 2.48. The Bertz CT molecular complexity index is 1220. The molecule has 2 atom stereocenters. The van der Waals surface area contributed by atoms with Gasteiger partial charge in [0.15, 0.2) is 22.5 Å². The number of aryl methyl sites for hydroxylation is 1. The summed E-state index contributed by atoms with van der Waals surface area (Å²) >= 11 is 4.44. The number of anilines is 2. The molecule has 1 spiro atoms. The van der Waals surface area contributed by atoms with Gasteiger partial charge >= 0.3 is 6.18 Å². The van der Waals surface area contributed by atoms with Gasteiger partial charge in [-0.25, -0.2) is 4.98 Å². The van der Waals surface area contributed by atoms with Crippen molar-refractivity contribution in [2.45, 2.75) is 30.1 Å². The van der Waals surface area contributed by atoms with Gasteiger partial charge in [0.2, 0.25) is 5.56 Å². The number of Topliss-reactive ketones (excluding diaryl/α,β-unsaturated/α-hetero) is 1. The number of nitrogens with zero attached hydrogens (tertiary/aromatic N) is 5. The zero-order chi connectivity index (χ0) is 22.7. The van der Waals surface area contributed by atoms with E-state index in [0.717, 1.165) is 11.1 Å². The lowest BCUT2D eigenvalue weighted by Gasteiger charge is -2.42. The molecule has 1 aliphatic heterocycles. The number of hydrogen-bond donors (Lipinski definition) is 1. The minimum atomic E-state index is -4.87. The second kappa shape index (κ2) is 6.84. The molecule has 8 nitrogen and oxygen atoms in total. The Balaban J connectivity index is 1.87. The van der Waals surface area contributed by atoms with Crippen molar-refractivity contribution in [1.29, 1.82) is 5.26 Å². The van der Waals surface area contributed by atoms with E-state index in [1.54, 1.807) is 0 Å². The highest BCUT2D eigenvalue weighted by Gasteiger charge is 2.66. The van der Waals surface area contributed by atoms with E-state index in [2.05, 4.69) is 17.6 Å². The van der Waals surface area contributed by atoms with Crippen molar-refractivity contribution in [3.8, 4) is 6.07 Å². The fourth-order valence-corrected chi connectivity index (χ4v) is 4.45. The Hall–Kier alpha value is -3.33. The second-order valence-corrected chi connectivity index (χ2v) is 7.67. The predicted molar refractivity (Wildman–Crippen MR) is 105 cm³/mol. The summed E-state index contributed by atoms with van der Waals surface area (Å²) < 4.78 is 41.5. The number of rotatable bonds is 2. The molecule has 1 saturated heterocycles. The van der Waals surface area contributed by atoms with Crippen LogP contribution in [0.3, 0.4) is 0 Å². The lowest BCUT2D eigenvalue weighted by atomic mass is 9.74. The van der Waals surface area contributed by atoms with Crippen LogP contribution in [0.25, 0.3) is 0 Å². The Morgan fingerprint density at radius 3 is 2.48 bits per heavy atom. The van der Waals surface area contributed by atoms with Gasteiger partial charge in [-0.15, -0.1) is 12.6 Å². The summed E-state index contributed by atoms with van der Waals surface area (Å²) in [5, 5.41) is 8.96. The van der Waals surface area contributed by atoms with Crippen molar-refractivity contribution in [2.75, 3.05) is 9.80 Å². The normalized spacial score (nSPS) is 23.3. The van der Waals surface area contributed by atoms with Crippen LogP contribution < -0.4 is 15.4 Å². The van der Waals surface area contributed by atoms with Crippen LogP contribution in [0.15, 0.2) is 35.4 Å². The number of carbonyl (C=O) groups excluding carboxylic acids is 2. The van der Waals surface area contributed by atoms with Gasteiger partial charge in [-0.2, -0.15) is 18.4 Å². The van der Waals surface area contributed by atoms with Crippen LogP contribution in [-0.4, -0.2) is 32.3 Å². The van der Waals surface area contributed by atoms with Crippen LogP contribution in [0.2, 0.25) is 0 Å². The zero-order valence-corrected chi connectivity index (χ0v) is 16.8. The van der Waals surface area contributed by atoms with E-state index in [9.17, 15) is 27.6 Å². The maximum Gasteiger partial charge on any atom is 0.419 e. The molecule has 2 fully saturated rings. The number of nitriles is 1. The van der Waals surface area contributed by atoms with Crippen LogP contribution in [0.4, 0.5) is 24.5 Å². The molecule has 2 aromatic heterocycles. The van der Waals surface area contributed by atoms with E-state index < -0.39 is 40.2 Å². The molecule has 4 rings (SSSR count). The average molecular weight is 449 g/mol. The van der Waals surface area contributed by atoms with E-state index >= 15 is 0 Å². The van der Waals surface area contributed by atoms with Gasteiger partial charge in [-0.05, 0) is 18.6 Å². The molecule has 1 saturated carbocycles. The number of pyridine rings is 2. The number of aromatic nitrogens is 2. The molecule has 3 heterocycles. The van der Waals surface area contributed by atoms with Crippen molar-refractivity contribution < 1.29 is 22.8 Å². The zero-order valence-electron chi connectivity index (χ0n) is 15.9. The number of halogens is 3. The molecule has 2 aromatic rings. The van der Waals surface area contributed by atoms with Crippen LogP contribution in [0.1, 0.15) is 24.1 Å². The third kappa shape index (κ3) is 2.91. The number of carbonyl (C=O) groups is 2. The smallest absolute Gasteiger partial charge is 0.320 e. The summed E-state index contributed by atoms with van der Waals surface area (Å²) in [6.45, 7) is 0. The number of amides is 1. The molecule has 0 bridgehead atoms. The van der Waals surface area contributed by atoms with Crippen LogP contribution in [-0.2, 0) is 22.8 Å². The fourth-order valence-electron chi connectivity index (χ4n) is 3.88. The van der Waals surface area contributed by atoms with Gasteiger partial charge in [0, 0.05) is 25.7 Å². The molecular formula is C19H14F3N5O3S. The van der Waals surface area contributed by atoms with E-state index in [0.29, 0.717) is 11.8 Å². The van der Waals surface area contributed by atoms with Gasteiger partial charge in [0.1, 0.15) is 6.07 Å². The SMILES string of the molecule is Cn1cc(N2C(S)N(c3cnc(C#N)c(C(F)(F)F)c3)C(=O)C23CCC3=O)ccc1=O. The second-order valence-electron chi connectivity index (χ2n) is 7.21. The summed E-state index contributed by atoms with van der Waals surface area (Å²) in [4.78, 5) is 43.6. The van der Waals surface area contributed by atoms with E-state index in [1.807, 2.05) is 0 Å². The van der Waals surface area contributed by atoms with Gasteiger partial charge < -0.3 is 9.47 Å². The average Bonchev–Trinajstić information content (AvgIpc) is 2.96. The molecule has 0 radical (unpaired) electrons. The fraction of sp³-hybridized carbons (Fsp3) is 0.316. The predicted octanol–water partition coefficient (Wildman–Crippen LogP) is 1.84. The molecule has 2 unspecified atom stereocenters. The number of hydrogen-bond acceptors (Lipinski definition) is 7. The molecule has 0 N–H and O–H groups in total. The van der Waals surface area contributed by atoms with Gasteiger partial charge in [0.05, 0.1) is 23.1 Å². The van der Waals surface area contributed by atoms with Gasteiger partial charge in [-0.3, -0.25) is 19.3 Å². The van der Waals surface area contributed by atoms with Crippen molar-refractivity contribution >= 4 is 35.7 Å². The Morgan fingerprint density at radius 2 is 1.97 bits per heavy atom. The minimum absolute atomic E-state index is 0.127. The summed E-state index contributed by atoms with van der Waals surface area (Å²) in [5.41, 5.74) is -5.13. The van der Waals surface area contributed by atoms with E-state index in [-0.39, 0.29) is 24.1 Å². The maximum absolute atomic E-state index is 13.4. The summed E-state index contributed by atoms with van der Waals surface area (Å²) in [6, 6.07) is 4.71. The molecular weight excluding hydrogens is 435 g/mol. The summed E-state index contributed by atoms with van der Waals surface area (Å²) in [5.74, 6) is -1.14. The monoisotopic (exact) mass is 449 g/mol. The number of alkyl halides is 3. The highest BCUT2D eigenvalue weighted by atomic mass is 32.1. The summed E-state index contributed by atoms with van der Waals surface area (Å²) in [7, 11) is 1.49. The minimum Gasteiger partial charge on any atom is -0.320 e. The largest absolute Gasteiger partial charge is 0.419 e. The lowest BCUT2D eigenvalue weighted by molar-refractivity contribution is -0.140. The quantitative estimate of drug-likeness (QED) is 0.555. The van der Waals surface area contributed by atoms with Gasteiger partial charge in [-0.1, -0.05) is 0 Å². The number of thiol groups is 1. The Kier molecular flexibility index (Phi) is 4.62. The standard InChI is InChI=1S/C19H14F3N5O3S/c1-25-9-10(2-3-15(25)29)27-17(31)26(16(30)18(27)5-4-14(18)28)11-6-12(19(20,21)22)13(7-23)24-8-11/h2-3,6,8-9,17,31H,4-5H2,1H3. The lowest BCUT2D eigenvalue weighted by Crippen LogP contribution is -2.63. The Morgan fingerprint density at radius 1 is 1.26 bits per heavy atom. The number of ketones is 1.